The quantitative estimate of drug-likeness (QED) is 0.715. The fourth-order valence-electron chi connectivity index (χ4n) is 1.75. The highest BCUT2D eigenvalue weighted by Crippen LogP contribution is 2.18. The maximum atomic E-state index is 10.4. The summed E-state index contributed by atoms with van der Waals surface area (Å²) in [6, 6.07) is 0. The molecule has 0 saturated carbocycles. The van der Waals surface area contributed by atoms with Gasteiger partial charge in [0.1, 0.15) is 0 Å². The van der Waals surface area contributed by atoms with Crippen LogP contribution in [0.1, 0.15) is 19.3 Å². The van der Waals surface area contributed by atoms with E-state index in [1.54, 1.807) is 0 Å². The van der Waals surface area contributed by atoms with Crippen LogP contribution in [0.15, 0.2) is 0 Å². The van der Waals surface area contributed by atoms with Gasteiger partial charge in [0.05, 0.1) is 6.54 Å². The second kappa shape index (κ2) is 5.98. The number of carboxylic acid groups (broad SMARTS) is 1. The summed E-state index contributed by atoms with van der Waals surface area (Å²) in [6.45, 7) is 2.75. The number of aliphatic carboxylic acids is 1. The topological polar surface area (TPSA) is 49.8 Å². The van der Waals surface area contributed by atoms with Crippen LogP contribution in [0.4, 0.5) is 0 Å². The van der Waals surface area contributed by atoms with Gasteiger partial charge in [0.2, 0.25) is 0 Å². The number of ether oxygens (including phenoxy) is 1. The van der Waals surface area contributed by atoms with Gasteiger partial charge in [-0.05, 0) is 38.8 Å². The molecule has 14 heavy (non-hydrogen) atoms. The number of hydrogen-bond acceptors (Lipinski definition) is 3. The molecular formula is C10H19NO3. The van der Waals surface area contributed by atoms with E-state index in [2.05, 4.69) is 0 Å². The average Bonchev–Trinajstić information content (AvgIpc) is 2.15. The van der Waals surface area contributed by atoms with Crippen LogP contribution >= 0.6 is 0 Å². The molecule has 1 aliphatic rings. The summed E-state index contributed by atoms with van der Waals surface area (Å²) < 4.78 is 5.26. The van der Waals surface area contributed by atoms with Crippen molar-refractivity contribution in [3.8, 4) is 0 Å². The highest BCUT2D eigenvalue weighted by Gasteiger charge is 2.14. The van der Waals surface area contributed by atoms with Crippen molar-refractivity contribution >= 4 is 5.97 Å². The molecule has 1 aliphatic heterocycles. The standard InChI is InChI=1S/C10H19NO3/c1-11(8-10(12)13)5-2-9-3-6-14-7-4-9/h9H,2-8H2,1H3,(H,12,13). The normalized spacial score (nSPS) is 18.7. The van der Waals surface area contributed by atoms with Crippen molar-refractivity contribution in [3.05, 3.63) is 0 Å². The van der Waals surface area contributed by atoms with Crippen LogP contribution in [0, 0.1) is 5.92 Å². The van der Waals surface area contributed by atoms with Gasteiger partial charge >= 0.3 is 5.97 Å². The third-order valence-electron chi connectivity index (χ3n) is 2.67. The van der Waals surface area contributed by atoms with Crippen molar-refractivity contribution in [1.29, 1.82) is 0 Å². The van der Waals surface area contributed by atoms with Crippen molar-refractivity contribution < 1.29 is 14.6 Å². The number of nitrogens with zero attached hydrogens (tertiary/aromatic N) is 1. The summed E-state index contributed by atoms with van der Waals surface area (Å²) in [5.41, 5.74) is 0. The van der Waals surface area contributed by atoms with E-state index in [9.17, 15) is 4.79 Å². The first-order chi connectivity index (χ1) is 6.68. The monoisotopic (exact) mass is 201 g/mol. The van der Waals surface area contributed by atoms with Gasteiger partial charge in [0.25, 0.3) is 0 Å². The van der Waals surface area contributed by atoms with Gasteiger partial charge < -0.3 is 9.84 Å². The zero-order chi connectivity index (χ0) is 10.4. The minimum Gasteiger partial charge on any atom is -0.480 e. The molecule has 0 unspecified atom stereocenters. The van der Waals surface area contributed by atoms with Crippen molar-refractivity contribution in [2.75, 3.05) is 33.4 Å². The van der Waals surface area contributed by atoms with E-state index in [0.29, 0.717) is 0 Å². The SMILES string of the molecule is CN(CCC1CCOCC1)CC(=O)O. The highest BCUT2D eigenvalue weighted by atomic mass is 16.5. The molecule has 1 N–H and O–H groups in total. The van der Waals surface area contributed by atoms with Gasteiger partial charge in [-0.3, -0.25) is 9.69 Å². The van der Waals surface area contributed by atoms with Crippen LogP contribution in [0.2, 0.25) is 0 Å². The molecule has 0 spiro atoms. The van der Waals surface area contributed by atoms with Gasteiger partial charge in [-0.1, -0.05) is 0 Å². The molecule has 1 saturated heterocycles. The molecule has 0 aromatic heterocycles. The smallest absolute Gasteiger partial charge is 0.317 e. The summed E-state index contributed by atoms with van der Waals surface area (Å²) in [6.07, 6.45) is 3.34. The lowest BCUT2D eigenvalue weighted by molar-refractivity contribution is -0.138. The van der Waals surface area contributed by atoms with E-state index < -0.39 is 5.97 Å². The molecule has 0 aromatic rings. The van der Waals surface area contributed by atoms with Crippen LogP contribution in [0.25, 0.3) is 0 Å². The van der Waals surface area contributed by atoms with Crippen molar-refractivity contribution in [2.24, 2.45) is 5.92 Å². The summed E-state index contributed by atoms with van der Waals surface area (Å²) in [5.74, 6) is -0.0283. The molecular weight excluding hydrogens is 182 g/mol. The van der Waals surface area contributed by atoms with Gasteiger partial charge in [-0.15, -0.1) is 0 Å². The van der Waals surface area contributed by atoms with E-state index in [1.165, 1.54) is 0 Å². The Balaban J connectivity index is 2.09. The third-order valence-corrected chi connectivity index (χ3v) is 2.67. The maximum absolute atomic E-state index is 10.4. The highest BCUT2D eigenvalue weighted by molar-refractivity contribution is 5.68. The Labute approximate surface area is 84.8 Å². The van der Waals surface area contributed by atoms with Gasteiger partial charge in [0, 0.05) is 13.2 Å². The second-order valence-electron chi connectivity index (χ2n) is 3.98. The van der Waals surface area contributed by atoms with Crippen LogP contribution in [-0.4, -0.2) is 49.3 Å². The molecule has 82 valence electrons. The Bertz CT molecular complexity index is 178. The van der Waals surface area contributed by atoms with Crippen LogP contribution in [-0.2, 0) is 9.53 Å². The lowest BCUT2D eigenvalue weighted by Gasteiger charge is -2.24. The molecule has 0 atom stereocenters. The van der Waals surface area contributed by atoms with Gasteiger partial charge in [-0.25, -0.2) is 0 Å². The molecule has 0 aromatic carbocycles. The van der Waals surface area contributed by atoms with E-state index in [1.807, 2.05) is 11.9 Å². The molecule has 0 aliphatic carbocycles. The van der Waals surface area contributed by atoms with E-state index in [-0.39, 0.29) is 6.54 Å². The number of carboxylic acids is 1. The molecule has 0 radical (unpaired) electrons. The lowest BCUT2D eigenvalue weighted by atomic mass is 9.96. The molecule has 1 fully saturated rings. The number of rotatable bonds is 5. The molecule has 0 amide bonds. The number of hydrogen-bond donors (Lipinski definition) is 1. The first-order valence-corrected chi connectivity index (χ1v) is 5.16. The summed E-state index contributed by atoms with van der Waals surface area (Å²) in [7, 11) is 1.85. The lowest BCUT2D eigenvalue weighted by Crippen LogP contribution is -2.29. The Morgan fingerprint density at radius 3 is 2.71 bits per heavy atom. The number of likely N-dealkylation sites (N-methyl/N-ethyl adjacent to an activating group) is 1. The van der Waals surface area contributed by atoms with Crippen LogP contribution < -0.4 is 0 Å². The third kappa shape index (κ3) is 4.58. The van der Waals surface area contributed by atoms with E-state index >= 15 is 0 Å². The Morgan fingerprint density at radius 2 is 2.14 bits per heavy atom. The van der Waals surface area contributed by atoms with Gasteiger partial charge in [0.15, 0.2) is 0 Å². The van der Waals surface area contributed by atoms with Crippen LogP contribution in [0.5, 0.6) is 0 Å². The predicted octanol–water partition coefficient (Wildman–Crippen LogP) is 0.820. The molecule has 1 heterocycles. The predicted molar refractivity (Wildman–Crippen MR) is 53.3 cm³/mol. The van der Waals surface area contributed by atoms with E-state index in [0.717, 1.165) is 44.9 Å². The van der Waals surface area contributed by atoms with Crippen molar-refractivity contribution in [2.45, 2.75) is 19.3 Å². The largest absolute Gasteiger partial charge is 0.480 e. The summed E-state index contributed by atoms with van der Waals surface area (Å²) >= 11 is 0. The minimum absolute atomic E-state index is 0.142. The maximum Gasteiger partial charge on any atom is 0.317 e. The zero-order valence-electron chi connectivity index (χ0n) is 8.74. The molecule has 4 nitrogen and oxygen atoms in total. The Morgan fingerprint density at radius 1 is 1.50 bits per heavy atom. The van der Waals surface area contributed by atoms with Crippen molar-refractivity contribution in [1.82, 2.24) is 4.90 Å². The fourth-order valence-corrected chi connectivity index (χ4v) is 1.75. The minimum atomic E-state index is -0.750. The summed E-state index contributed by atoms with van der Waals surface area (Å²) in [4.78, 5) is 12.3. The zero-order valence-corrected chi connectivity index (χ0v) is 8.74. The Kier molecular flexibility index (Phi) is 4.90. The molecule has 1 rings (SSSR count). The first-order valence-electron chi connectivity index (χ1n) is 5.16. The first kappa shape index (κ1) is 11.5. The number of carbonyl (C=O) groups is 1. The molecule has 4 heteroatoms. The van der Waals surface area contributed by atoms with E-state index in [4.69, 9.17) is 9.84 Å². The fraction of sp³-hybridized carbons (Fsp3) is 0.900. The Hall–Kier alpha value is -0.610. The van der Waals surface area contributed by atoms with Crippen molar-refractivity contribution in [3.63, 3.8) is 0 Å². The van der Waals surface area contributed by atoms with Crippen LogP contribution in [0.3, 0.4) is 0 Å². The average molecular weight is 201 g/mol. The molecule has 0 bridgehead atoms. The summed E-state index contributed by atoms with van der Waals surface area (Å²) in [5, 5.41) is 8.56. The van der Waals surface area contributed by atoms with Gasteiger partial charge in [-0.2, -0.15) is 0 Å². The second-order valence-corrected chi connectivity index (χ2v) is 3.98.